The van der Waals surface area contributed by atoms with Crippen LogP contribution in [-0.4, -0.2) is 16.3 Å². The Hall–Kier alpha value is -0.760. The first kappa shape index (κ1) is 12.0. The number of fused-ring (bicyclic) bond motifs is 3. The number of hydrogen-bond acceptors (Lipinski definition) is 2. The molecule has 2 saturated heterocycles. The Labute approximate surface area is 119 Å². The van der Waals surface area contributed by atoms with Gasteiger partial charge in [-0.25, -0.2) is 0 Å². The van der Waals surface area contributed by atoms with Crippen molar-refractivity contribution in [3.63, 3.8) is 0 Å². The van der Waals surface area contributed by atoms with Crippen molar-refractivity contribution >= 4 is 17.5 Å². The van der Waals surface area contributed by atoms with Crippen LogP contribution in [0.3, 0.4) is 0 Å². The summed E-state index contributed by atoms with van der Waals surface area (Å²) in [4.78, 5) is 12.7. The second-order valence-electron chi connectivity index (χ2n) is 6.33. The minimum absolute atomic E-state index is 0.301. The van der Waals surface area contributed by atoms with E-state index in [0.29, 0.717) is 11.7 Å². The topological polar surface area (TPSA) is 17.1 Å². The zero-order chi connectivity index (χ0) is 12.8. The highest BCUT2D eigenvalue weighted by Crippen LogP contribution is 2.44. The Morgan fingerprint density at radius 1 is 1.05 bits per heavy atom. The van der Waals surface area contributed by atoms with E-state index in [1.165, 1.54) is 43.2 Å². The van der Waals surface area contributed by atoms with Gasteiger partial charge in [-0.05, 0) is 55.7 Å². The standard InChI is InChI=1S/C17H20OS/c18-17(13-7-5-11-4-6-12(11)8-13)14-9-15-2-1-3-16(10-14)19-15/h5,7-8,14-16H,1-4,6,9-10H2. The predicted molar refractivity (Wildman–Crippen MR) is 79.9 cm³/mol. The van der Waals surface area contributed by atoms with E-state index in [1.807, 2.05) is 0 Å². The zero-order valence-electron chi connectivity index (χ0n) is 11.2. The fraction of sp³-hybridized carbons (Fsp3) is 0.588. The molecule has 1 nitrogen and oxygen atoms in total. The molecule has 0 saturated carbocycles. The van der Waals surface area contributed by atoms with Crippen LogP contribution in [-0.2, 0) is 12.8 Å². The molecule has 2 aliphatic heterocycles. The summed E-state index contributed by atoms with van der Waals surface area (Å²) in [5.41, 5.74) is 3.84. The van der Waals surface area contributed by atoms with Gasteiger partial charge in [-0.1, -0.05) is 18.6 Å². The molecule has 2 fully saturated rings. The largest absolute Gasteiger partial charge is 0.294 e. The van der Waals surface area contributed by atoms with Gasteiger partial charge >= 0.3 is 0 Å². The smallest absolute Gasteiger partial charge is 0.166 e. The quantitative estimate of drug-likeness (QED) is 0.756. The summed E-state index contributed by atoms with van der Waals surface area (Å²) in [5, 5.41) is 1.51. The first-order chi connectivity index (χ1) is 9.29. The molecule has 1 aliphatic carbocycles. The van der Waals surface area contributed by atoms with Crippen LogP contribution in [0.1, 0.15) is 53.6 Å². The Morgan fingerprint density at radius 2 is 1.79 bits per heavy atom. The van der Waals surface area contributed by atoms with E-state index in [1.54, 1.807) is 0 Å². The lowest BCUT2D eigenvalue weighted by molar-refractivity contribution is 0.0896. The lowest BCUT2D eigenvalue weighted by Gasteiger charge is -2.38. The van der Waals surface area contributed by atoms with Crippen molar-refractivity contribution in [2.24, 2.45) is 5.92 Å². The molecule has 0 radical (unpaired) electrons. The number of carbonyl (C=O) groups is 1. The normalized spacial score (nSPS) is 32.3. The van der Waals surface area contributed by atoms with Crippen LogP contribution in [0, 0.1) is 5.92 Å². The van der Waals surface area contributed by atoms with Crippen LogP contribution in [0.25, 0.3) is 0 Å². The maximum Gasteiger partial charge on any atom is 0.166 e. The van der Waals surface area contributed by atoms with Crippen molar-refractivity contribution in [1.29, 1.82) is 0 Å². The van der Waals surface area contributed by atoms with Crippen molar-refractivity contribution in [3.05, 3.63) is 34.9 Å². The summed E-state index contributed by atoms with van der Waals surface area (Å²) in [6.07, 6.45) is 8.65. The lowest BCUT2D eigenvalue weighted by atomic mass is 9.81. The minimum atomic E-state index is 0.301. The number of thioether (sulfide) groups is 1. The average molecular weight is 272 g/mol. The van der Waals surface area contributed by atoms with Crippen LogP contribution >= 0.6 is 11.8 Å². The monoisotopic (exact) mass is 272 g/mol. The summed E-state index contributed by atoms with van der Waals surface area (Å²) < 4.78 is 0. The molecule has 3 aliphatic rings. The third-order valence-corrected chi connectivity index (χ3v) is 6.68. The van der Waals surface area contributed by atoms with Crippen molar-refractivity contribution in [2.45, 2.75) is 55.4 Å². The van der Waals surface area contributed by atoms with Crippen LogP contribution in [0.4, 0.5) is 0 Å². The Balaban J connectivity index is 1.54. The van der Waals surface area contributed by atoms with Crippen LogP contribution in [0.15, 0.2) is 18.2 Å². The molecule has 19 heavy (non-hydrogen) atoms. The van der Waals surface area contributed by atoms with E-state index < -0.39 is 0 Å². The summed E-state index contributed by atoms with van der Waals surface area (Å²) >= 11 is 2.15. The van der Waals surface area contributed by atoms with Crippen LogP contribution < -0.4 is 0 Å². The molecule has 0 amide bonds. The second-order valence-corrected chi connectivity index (χ2v) is 7.93. The van der Waals surface area contributed by atoms with Crippen molar-refractivity contribution in [3.8, 4) is 0 Å². The van der Waals surface area contributed by atoms with Gasteiger partial charge in [-0.2, -0.15) is 11.8 Å². The van der Waals surface area contributed by atoms with E-state index in [9.17, 15) is 4.79 Å². The number of carbonyl (C=O) groups excluding carboxylic acids is 1. The first-order valence-corrected chi connectivity index (χ1v) is 8.55. The second kappa shape index (κ2) is 4.66. The van der Waals surface area contributed by atoms with Gasteiger partial charge in [-0.15, -0.1) is 0 Å². The zero-order valence-corrected chi connectivity index (χ0v) is 12.0. The molecule has 2 heteroatoms. The molecule has 4 rings (SSSR count). The molecule has 1 aromatic carbocycles. The van der Waals surface area contributed by atoms with Gasteiger partial charge in [0.2, 0.25) is 0 Å². The molecular formula is C17H20OS. The van der Waals surface area contributed by atoms with E-state index in [0.717, 1.165) is 28.9 Å². The summed E-state index contributed by atoms with van der Waals surface area (Å²) in [6, 6.07) is 6.40. The molecule has 0 N–H and O–H groups in total. The number of Topliss-reactive ketones (excluding diaryl/α,β-unsaturated/α-hetero) is 1. The summed E-state index contributed by atoms with van der Waals surface area (Å²) in [7, 11) is 0. The SMILES string of the molecule is O=C(c1ccc2c(c1)CC2)C1CC2CCCC(C1)S2. The molecule has 2 atom stereocenters. The van der Waals surface area contributed by atoms with Gasteiger partial charge in [0.15, 0.2) is 5.78 Å². The number of benzene rings is 1. The third-order valence-electron chi connectivity index (χ3n) is 5.06. The first-order valence-electron chi connectivity index (χ1n) is 7.61. The fourth-order valence-electron chi connectivity index (χ4n) is 3.86. The van der Waals surface area contributed by atoms with Gasteiger partial charge in [0.1, 0.15) is 0 Å². The van der Waals surface area contributed by atoms with Crippen LogP contribution in [0.2, 0.25) is 0 Å². The molecule has 2 heterocycles. The highest BCUT2D eigenvalue weighted by atomic mass is 32.2. The molecule has 100 valence electrons. The van der Waals surface area contributed by atoms with Gasteiger partial charge in [-0.3, -0.25) is 4.79 Å². The van der Waals surface area contributed by atoms with Gasteiger partial charge < -0.3 is 0 Å². The number of ketones is 1. The molecular weight excluding hydrogens is 252 g/mol. The molecule has 0 aromatic heterocycles. The Morgan fingerprint density at radius 3 is 2.42 bits per heavy atom. The lowest BCUT2D eigenvalue weighted by Crippen LogP contribution is -2.33. The molecule has 1 aromatic rings. The summed E-state index contributed by atoms with van der Waals surface area (Å²) in [5.74, 6) is 0.724. The number of aryl methyl sites for hydroxylation is 2. The maximum absolute atomic E-state index is 12.7. The van der Waals surface area contributed by atoms with Gasteiger partial charge in [0, 0.05) is 22.0 Å². The van der Waals surface area contributed by atoms with E-state index in [4.69, 9.17) is 0 Å². The molecule has 2 unspecified atom stereocenters. The van der Waals surface area contributed by atoms with Crippen molar-refractivity contribution < 1.29 is 4.79 Å². The Kier molecular flexibility index (Phi) is 2.95. The van der Waals surface area contributed by atoms with E-state index in [2.05, 4.69) is 30.0 Å². The van der Waals surface area contributed by atoms with E-state index >= 15 is 0 Å². The van der Waals surface area contributed by atoms with Crippen molar-refractivity contribution in [1.82, 2.24) is 0 Å². The molecule has 0 spiro atoms. The van der Waals surface area contributed by atoms with Crippen molar-refractivity contribution in [2.75, 3.05) is 0 Å². The van der Waals surface area contributed by atoms with Gasteiger partial charge in [0.05, 0.1) is 0 Å². The third kappa shape index (κ3) is 2.14. The highest BCUT2D eigenvalue weighted by molar-refractivity contribution is 8.00. The fourth-order valence-corrected chi connectivity index (χ4v) is 5.69. The minimum Gasteiger partial charge on any atom is -0.294 e. The highest BCUT2D eigenvalue weighted by Gasteiger charge is 2.36. The average Bonchev–Trinajstić information content (AvgIpc) is 2.39. The number of hydrogen-bond donors (Lipinski definition) is 0. The molecule has 2 bridgehead atoms. The predicted octanol–water partition coefficient (Wildman–Crippen LogP) is 4.03. The van der Waals surface area contributed by atoms with E-state index in [-0.39, 0.29) is 0 Å². The number of rotatable bonds is 2. The summed E-state index contributed by atoms with van der Waals surface area (Å²) in [6.45, 7) is 0. The van der Waals surface area contributed by atoms with Crippen LogP contribution in [0.5, 0.6) is 0 Å². The van der Waals surface area contributed by atoms with Gasteiger partial charge in [0.25, 0.3) is 0 Å². The Bertz CT molecular complexity index is 510. The maximum atomic E-state index is 12.7.